The number of hydrogen-bond acceptors (Lipinski definition) is 6. The monoisotopic (exact) mass is 383 g/mol. The summed E-state index contributed by atoms with van der Waals surface area (Å²) < 4.78 is 0. The maximum atomic E-state index is 11.7. The average Bonchev–Trinajstić information content (AvgIpc) is 2.70. The molecule has 0 unspecified atom stereocenters. The lowest BCUT2D eigenvalue weighted by atomic mass is 9.94. The molecule has 7 N–H and O–H groups in total. The van der Waals surface area contributed by atoms with Crippen LogP contribution in [0.15, 0.2) is 54.1 Å². The smallest absolute Gasteiger partial charge is 0.335 e. The highest BCUT2D eigenvalue weighted by atomic mass is 16.5. The minimum Gasteiger partial charge on any atom is -0.478 e. The maximum Gasteiger partial charge on any atom is 0.335 e. The Labute approximate surface area is 159 Å². The van der Waals surface area contributed by atoms with Crippen LogP contribution in [0.2, 0.25) is 0 Å². The van der Waals surface area contributed by atoms with E-state index in [4.69, 9.17) is 26.6 Å². The summed E-state index contributed by atoms with van der Waals surface area (Å²) in [7, 11) is 0. The van der Waals surface area contributed by atoms with E-state index in [-0.39, 0.29) is 33.7 Å². The van der Waals surface area contributed by atoms with Gasteiger partial charge < -0.3 is 15.9 Å². The highest BCUT2D eigenvalue weighted by Crippen LogP contribution is 2.22. The molecule has 2 aromatic carbocycles. The van der Waals surface area contributed by atoms with E-state index in [1.165, 1.54) is 54.0 Å². The minimum atomic E-state index is -1.16. The van der Waals surface area contributed by atoms with E-state index in [9.17, 15) is 14.4 Å². The third-order valence-corrected chi connectivity index (χ3v) is 3.93. The van der Waals surface area contributed by atoms with Crippen molar-refractivity contribution in [1.82, 2.24) is 5.48 Å². The molecule has 0 fully saturated rings. The normalized spacial score (nSPS) is 11.3. The molecule has 0 spiro atoms. The number of nitrogens with two attached hydrogens (primary N) is 1. The Hall–Kier alpha value is -3.98. The van der Waals surface area contributed by atoms with Crippen LogP contribution in [0.5, 0.6) is 0 Å². The number of benzene rings is 2. The van der Waals surface area contributed by atoms with Gasteiger partial charge in [-0.2, -0.15) is 0 Å². The van der Waals surface area contributed by atoms with Gasteiger partial charge in [0.1, 0.15) is 0 Å². The first kappa shape index (κ1) is 20.3. The number of rotatable bonds is 7. The van der Waals surface area contributed by atoms with E-state index in [1.54, 1.807) is 0 Å². The van der Waals surface area contributed by atoms with Crippen LogP contribution in [0.3, 0.4) is 0 Å². The summed E-state index contributed by atoms with van der Waals surface area (Å²) in [5, 5.41) is 35.3. The summed E-state index contributed by atoms with van der Waals surface area (Å²) in [6, 6.07) is 11.1. The fourth-order valence-corrected chi connectivity index (χ4v) is 2.47. The van der Waals surface area contributed by atoms with Gasteiger partial charge in [0.15, 0.2) is 0 Å². The first-order valence-corrected chi connectivity index (χ1v) is 7.92. The van der Waals surface area contributed by atoms with Crippen LogP contribution in [0.1, 0.15) is 38.3 Å². The summed E-state index contributed by atoms with van der Waals surface area (Å²) in [4.78, 5) is 33.8. The Morgan fingerprint density at radius 2 is 1.43 bits per heavy atom. The fraction of sp³-hybridized carbons (Fsp3) is 0.0526. The van der Waals surface area contributed by atoms with Crippen LogP contribution in [0, 0.1) is 5.41 Å². The molecular weight excluding hydrogens is 366 g/mol. The number of amides is 1. The average molecular weight is 383 g/mol. The number of nitrogens with one attached hydrogen (secondary N) is 2. The van der Waals surface area contributed by atoms with Gasteiger partial charge in [-0.15, -0.1) is 0 Å². The second-order valence-corrected chi connectivity index (χ2v) is 5.75. The Morgan fingerprint density at radius 3 is 1.96 bits per heavy atom. The molecule has 9 nitrogen and oxygen atoms in total. The standard InChI is InChI=1S/C19H17N3O6/c20-16(10-4-6-11(7-5-10)18(24)25)14(9-15(23)22-28)17(21)12-2-1-3-13(8-12)19(26)27/h1-8,20,28H,9,21H2,(H,22,23)(H,24,25)(H,26,27)/b17-14-,20-16?. The van der Waals surface area contributed by atoms with Gasteiger partial charge in [0, 0.05) is 11.3 Å². The molecule has 0 bridgehead atoms. The molecule has 0 aliphatic heterocycles. The van der Waals surface area contributed by atoms with Crippen molar-refractivity contribution in [2.75, 3.05) is 0 Å². The molecule has 0 radical (unpaired) electrons. The molecule has 2 aromatic rings. The zero-order valence-electron chi connectivity index (χ0n) is 14.5. The Kier molecular flexibility index (Phi) is 6.25. The van der Waals surface area contributed by atoms with Crippen molar-refractivity contribution in [3.05, 3.63) is 76.4 Å². The van der Waals surface area contributed by atoms with E-state index in [1.807, 2.05) is 0 Å². The lowest BCUT2D eigenvalue weighted by Gasteiger charge is -2.14. The van der Waals surface area contributed by atoms with Crippen LogP contribution in [-0.4, -0.2) is 39.0 Å². The van der Waals surface area contributed by atoms with Gasteiger partial charge in [-0.1, -0.05) is 24.3 Å². The van der Waals surface area contributed by atoms with E-state index in [2.05, 4.69) is 0 Å². The van der Waals surface area contributed by atoms with Gasteiger partial charge >= 0.3 is 11.9 Å². The lowest BCUT2D eigenvalue weighted by molar-refractivity contribution is -0.128. The number of hydrogen-bond donors (Lipinski definition) is 6. The fourth-order valence-electron chi connectivity index (χ4n) is 2.47. The summed E-state index contributed by atoms with van der Waals surface area (Å²) in [6.07, 6.45) is -0.445. The molecule has 0 heterocycles. The second kappa shape index (κ2) is 8.60. The quantitative estimate of drug-likeness (QED) is 0.240. The lowest BCUT2D eigenvalue weighted by Crippen LogP contribution is -2.23. The highest BCUT2D eigenvalue weighted by Gasteiger charge is 2.18. The third-order valence-electron chi connectivity index (χ3n) is 3.93. The first-order valence-electron chi connectivity index (χ1n) is 7.92. The molecule has 0 atom stereocenters. The number of carbonyl (C=O) groups is 3. The topological polar surface area (TPSA) is 174 Å². The largest absolute Gasteiger partial charge is 0.478 e. The van der Waals surface area contributed by atoms with Crippen molar-refractivity contribution in [2.45, 2.75) is 6.42 Å². The molecule has 2 rings (SSSR count). The molecule has 0 saturated carbocycles. The van der Waals surface area contributed by atoms with Crippen LogP contribution in [0.4, 0.5) is 0 Å². The van der Waals surface area contributed by atoms with Crippen molar-refractivity contribution in [3.63, 3.8) is 0 Å². The molecule has 9 heteroatoms. The van der Waals surface area contributed by atoms with E-state index < -0.39 is 24.3 Å². The summed E-state index contributed by atoms with van der Waals surface area (Å²) >= 11 is 0. The van der Waals surface area contributed by atoms with E-state index >= 15 is 0 Å². The van der Waals surface area contributed by atoms with Gasteiger partial charge in [0.05, 0.1) is 23.3 Å². The number of hydroxylamine groups is 1. The summed E-state index contributed by atoms with van der Waals surface area (Å²) in [5.41, 5.74) is 8.02. The molecule has 1 amide bonds. The van der Waals surface area contributed by atoms with Crippen LogP contribution < -0.4 is 11.2 Å². The number of aromatic carboxylic acids is 2. The van der Waals surface area contributed by atoms with Crippen LogP contribution >= 0.6 is 0 Å². The summed E-state index contributed by atoms with van der Waals surface area (Å²) in [5.74, 6) is -3.11. The third kappa shape index (κ3) is 4.59. The number of carboxylic acid groups (broad SMARTS) is 2. The Morgan fingerprint density at radius 1 is 0.893 bits per heavy atom. The Balaban J connectivity index is 2.53. The molecule has 28 heavy (non-hydrogen) atoms. The highest BCUT2D eigenvalue weighted by molar-refractivity contribution is 6.16. The minimum absolute atomic E-state index is 0.0148. The van der Waals surface area contributed by atoms with E-state index in [0.717, 1.165) is 0 Å². The molecule has 144 valence electrons. The van der Waals surface area contributed by atoms with Gasteiger partial charge in [0.2, 0.25) is 5.91 Å². The van der Waals surface area contributed by atoms with Gasteiger partial charge in [-0.25, -0.2) is 15.1 Å². The second-order valence-electron chi connectivity index (χ2n) is 5.75. The molecule has 0 aliphatic carbocycles. The van der Waals surface area contributed by atoms with Crippen molar-refractivity contribution in [1.29, 1.82) is 5.41 Å². The number of carbonyl (C=O) groups excluding carboxylic acids is 1. The van der Waals surface area contributed by atoms with Crippen molar-refractivity contribution in [2.24, 2.45) is 5.73 Å². The van der Waals surface area contributed by atoms with Crippen molar-refractivity contribution in [3.8, 4) is 0 Å². The number of carboxylic acids is 2. The molecule has 0 saturated heterocycles. The van der Waals surface area contributed by atoms with Gasteiger partial charge in [0.25, 0.3) is 0 Å². The van der Waals surface area contributed by atoms with E-state index in [0.29, 0.717) is 5.56 Å². The van der Waals surface area contributed by atoms with Gasteiger partial charge in [-0.05, 0) is 35.4 Å². The van der Waals surface area contributed by atoms with Crippen molar-refractivity contribution < 1.29 is 29.8 Å². The maximum absolute atomic E-state index is 11.7. The van der Waals surface area contributed by atoms with Crippen LogP contribution in [-0.2, 0) is 4.79 Å². The first-order chi connectivity index (χ1) is 13.2. The molecule has 0 aromatic heterocycles. The van der Waals surface area contributed by atoms with Crippen molar-refractivity contribution >= 4 is 29.3 Å². The van der Waals surface area contributed by atoms with Gasteiger partial charge in [-0.3, -0.25) is 15.4 Å². The predicted octanol–water partition coefficient (Wildman–Crippen LogP) is 1.72. The SMILES string of the molecule is N=C(/C(CC(=O)NO)=C(\N)c1cccc(C(=O)O)c1)c1ccc(C(=O)O)cc1. The van der Waals surface area contributed by atoms with Crippen LogP contribution in [0.25, 0.3) is 5.70 Å². The molecule has 0 aliphatic rings. The zero-order chi connectivity index (χ0) is 20.8. The summed E-state index contributed by atoms with van der Waals surface area (Å²) in [6.45, 7) is 0. The molecular formula is C19H17N3O6. The Bertz CT molecular complexity index is 979. The predicted molar refractivity (Wildman–Crippen MR) is 99.3 cm³/mol. The zero-order valence-corrected chi connectivity index (χ0v) is 14.5.